The number of anilines is 1. The summed E-state index contributed by atoms with van der Waals surface area (Å²) in [6.45, 7) is -0.766. The minimum atomic E-state index is -3.90. The Labute approximate surface area is 191 Å². The number of aliphatic carboxylic acids is 1. The van der Waals surface area contributed by atoms with Crippen LogP contribution in [0.15, 0.2) is 53.4 Å². The molecule has 1 heterocycles. The molecule has 168 valence electrons. The number of thiophene rings is 1. The number of carboxylic acid groups (broad SMARTS) is 2. The Hall–Kier alpha value is -3.28. The standard InChI is InChI=1S/C20H16ClNO8S2/c1-29-13-5-7-14(8-6-13)32(27,28)22-12-4-2-3-11(9-12)18-16(21)17(30-10-15(23)24)19(31-18)20(25)26/h2-9,22H,10H2,1H3,(H,23,24)(H,25,26). The number of benzene rings is 2. The maximum Gasteiger partial charge on any atom is 0.349 e. The molecule has 3 N–H and O–H groups in total. The number of hydrogen-bond donors (Lipinski definition) is 3. The van der Waals surface area contributed by atoms with E-state index in [2.05, 4.69) is 4.72 Å². The van der Waals surface area contributed by atoms with Crippen LogP contribution >= 0.6 is 22.9 Å². The number of sulfonamides is 1. The van der Waals surface area contributed by atoms with Gasteiger partial charge in [-0.15, -0.1) is 11.3 Å². The van der Waals surface area contributed by atoms with E-state index in [4.69, 9.17) is 26.2 Å². The number of ether oxygens (including phenoxy) is 2. The average Bonchev–Trinajstić information content (AvgIpc) is 3.08. The van der Waals surface area contributed by atoms with Gasteiger partial charge in [0, 0.05) is 5.69 Å². The lowest BCUT2D eigenvalue weighted by molar-refractivity contribution is -0.139. The smallest absolute Gasteiger partial charge is 0.349 e. The highest BCUT2D eigenvalue weighted by molar-refractivity contribution is 7.92. The second kappa shape index (κ2) is 9.47. The van der Waals surface area contributed by atoms with Crippen LogP contribution in [0.5, 0.6) is 11.5 Å². The van der Waals surface area contributed by atoms with Gasteiger partial charge in [-0.3, -0.25) is 4.72 Å². The highest BCUT2D eigenvalue weighted by Gasteiger charge is 2.25. The fourth-order valence-electron chi connectivity index (χ4n) is 2.68. The van der Waals surface area contributed by atoms with E-state index in [1.165, 1.54) is 43.5 Å². The van der Waals surface area contributed by atoms with Crippen molar-refractivity contribution in [2.24, 2.45) is 0 Å². The largest absolute Gasteiger partial charge is 0.497 e. The van der Waals surface area contributed by atoms with E-state index in [9.17, 15) is 23.1 Å². The molecule has 2 aromatic carbocycles. The van der Waals surface area contributed by atoms with Crippen LogP contribution in [0.25, 0.3) is 10.4 Å². The van der Waals surface area contributed by atoms with E-state index < -0.39 is 28.6 Å². The Morgan fingerprint density at radius 1 is 1.12 bits per heavy atom. The molecule has 0 saturated carbocycles. The summed E-state index contributed by atoms with van der Waals surface area (Å²) in [7, 11) is -2.43. The van der Waals surface area contributed by atoms with Gasteiger partial charge in [0.1, 0.15) is 10.8 Å². The third-order valence-electron chi connectivity index (χ3n) is 4.09. The van der Waals surface area contributed by atoms with Crippen molar-refractivity contribution in [1.82, 2.24) is 0 Å². The predicted molar refractivity (Wildman–Crippen MR) is 119 cm³/mol. The van der Waals surface area contributed by atoms with Gasteiger partial charge in [0.15, 0.2) is 17.2 Å². The summed E-state index contributed by atoms with van der Waals surface area (Å²) in [5.41, 5.74) is 0.635. The quantitative estimate of drug-likeness (QED) is 0.402. The lowest BCUT2D eigenvalue weighted by Crippen LogP contribution is -2.12. The molecule has 9 nitrogen and oxygen atoms in total. The summed E-state index contributed by atoms with van der Waals surface area (Å²) in [6, 6.07) is 12.0. The van der Waals surface area contributed by atoms with Crippen LogP contribution in [0.4, 0.5) is 5.69 Å². The first-order chi connectivity index (χ1) is 15.1. The van der Waals surface area contributed by atoms with Crippen molar-refractivity contribution >= 4 is 50.6 Å². The molecule has 1 aromatic heterocycles. The molecule has 32 heavy (non-hydrogen) atoms. The number of rotatable bonds is 9. The second-order valence-electron chi connectivity index (χ2n) is 6.25. The van der Waals surface area contributed by atoms with Crippen molar-refractivity contribution in [3.8, 4) is 21.9 Å². The number of aromatic carboxylic acids is 1. The number of carbonyl (C=O) groups is 2. The number of nitrogens with one attached hydrogen (secondary N) is 1. The summed E-state index contributed by atoms with van der Waals surface area (Å²) < 4.78 is 37.9. The Bertz CT molecular complexity index is 1270. The molecule has 0 aliphatic carbocycles. The fraction of sp³-hybridized carbons (Fsp3) is 0.100. The molecule has 0 saturated heterocycles. The second-order valence-corrected chi connectivity index (χ2v) is 9.33. The average molecular weight is 498 g/mol. The Kier molecular flexibility index (Phi) is 6.92. The molecule has 0 aliphatic heterocycles. The van der Waals surface area contributed by atoms with Crippen LogP contribution in [0.3, 0.4) is 0 Å². The van der Waals surface area contributed by atoms with Crippen molar-refractivity contribution in [2.45, 2.75) is 4.90 Å². The molecule has 0 fully saturated rings. The van der Waals surface area contributed by atoms with Gasteiger partial charge in [-0.1, -0.05) is 23.7 Å². The first-order valence-electron chi connectivity index (χ1n) is 8.80. The molecular formula is C20H16ClNO8S2. The van der Waals surface area contributed by atoms with Crippen molar-refractivity contribution in [3.63, 3.8) is 0 Å². The fourth-order valence-corrected chi connectivity index (χ4v) is 5.13. The zero-order valence-electron chi connectivity index (χ0n) is 16.4. The highest BCUT2D eigenvalue weighted by Crippen LogP contribution is 2.46. The maximum atomic E-state index is 12.7. The minimum Gasteiger partial charge on any atom is -0.497 e. The number of hydrogen-bond acceptors (Lipinski definition) is 7. The molecule has 3 rings (SSSR count). The van der Waals surface area contributed by atoms with E-state index in [0.717, 1.165) is 11.3 Å². The minimum absolute atomic E-state index is 0.0235. The van der Waals surface area contributed by atoms with Gasteiger partial charge in [0.2, 0.25) is 0 Å². The first kappa shape index (κ1) is 23.4. The zero-order valence-corrected chi connectivity index (χ0v) is 18.8. The number of methoxy groups -OCH3 is 1. The monoisotopic (exact) mass is 497 g/mol. The zero-order chi connectivity index (χ0) is 23.5. The van der Waals surface area contributed by atoms with Gasteiger partial charge >= 0.3 is 11.9 Å². The van der Waals surface area contributed by atoms with Gasteiger partial charge < -0.3 is 19.7 Å². The van der Waals surface area contributed by atoms with Crippen LogP contribution in [0, 0.1) is 0 Å². The van der Waals surface area contributed by atoms with Crippen molar-refractivity contribution in [2.75, 3.05) is 18.4 Å². The van der Waals surface area contributed by atoms with Gasteiger partial charge in [-0.25, -0.2) is 18.0 Å². The summed E-state index contributed by atoms with van der Waals surface area (Å²) in [4.78, 5) is 22.4. The molecule has 0 atom stereocenters. The summed E-state index contributed by atoms with van der Waals surface area (Å²) in [5.74, 6) is -2.38. The molecule has 0 amide bonds. The first-order valence-corrected chi connectivity index (χ1v) is 11.5. The number of halogens is 1. The van der Waals surface area contributed by atoms with Crippen molar-refractivity contribution in [3.05, 3.63) is 58.4 Å². The van der Waals surface area contributed by atoms with E-state index in [0.29, 0.717) is 11.3 Å². The van der Waals surface area contributed by atoms with E-state index >= 15 is 0 Å². The normalized spacial score (nSPS) is 11.1. The summed E-state index contributed by atoms with van der Waals surface area (Å²) in [6.07, 6.45) is 0. The lowest BCUT2D eigenvalue weighted by atomic mass is 10.1. The van der Waals surface area contributed by atoms with Gasteiger partial charge in [-0.05, 0) is 42.0 Å². The third kappa shape index (κ3) is 5.13. The summed E-state index contributed by atoms with van der Waals surface area (Å²) >= 11 is 7.07. The number of carboxylic acids is 2. The molecule has 0 bridgehead atoms. The predicted octanol–water partition coefficient (Wildman–Crippen LogP) is 4.04. The topological polar surface area (TPSA) is 139 Å². The molecule has 12 heteroatoms. The molecule has 0 unspecified atom stereocenters. The van der Waals surface area contributed by atoms with Crippen molar-refractivity contribution in [1.29, 1.82) is 0 Å². The molecule has 3 aromatic rings. The SMILES string of the molecule is COc1ccc(S(=O)(=O)Nc2cccc(-c3sc(C(=O)O)c(OCC(=O)O)c3Cl)c2)cc1. The lowest BCUT2D eigenvalue weighted by Gasteiger charge is -2.10. The van der Waals surface area contributed by atoms with E-state index in [1.54, 1.807) is 12.1 Å². The molecule has 0 aliphatic rings. The van der Waals surface area contributed by atoms with Crippen LogP contribution < -0.4 is 14.2 Å². The Morgan fingerprint density at radius 2 is 1.81 bits per heavy atom. The van der Waals surface area contributed by atoms with Gasteiger partial charge in [-0.2, -0.15) is 0 Å². The Balaban J connectivity index is 1.94. The van der Waals surface area contributed by atoms with Crippen LogP contribution in [0.1, 0.15) is 9.67 Å². The van der Waals surface area contributed by atoms with Crippen LogP contribution in [0.2, 0.25) is 5.02 Å². The van der Waals surface area contributed by atoms with Gasteiger partial charge in [0.25, 0.3) is 10.0 Å². The van der Waals surface area contributed by atoms with Gasteiger partial charge in [0.05, 0.1) is 16.9 Å². The molecular weight excluding hydrogens is 482 g/mol. The Morgan fingerprint density at radius 3 is 2.41 bits per heavy atom. The highest BCUT2D eigenvalue weighted by atomic mass is 35.5. The van der Waals surface area contributed by atoms with E-state index in [1.807, 2.05) is 0 Å². The molecule has 0 radical (unpaired) electrons. The molecule has 0 spiro atoms. The summed E-state index contributed by atoms with van der Waals surface area (Å²) in [5, 5.41) is 18.1. The van der Waals surface area contributed by atoms with Crippen LogP contribution in [-0.2, 0) is 14.8 Å². The van der Waals surface area contributed by atoms with Crippen molar-refractivity contribution < 1.29 is 37.7 Å². The van der Waals surface area contributed by atoms with Crippen LogP contribution in [-0.4, -0.2) is 44.3 Å². The van der Waals surface area contributed by atoms with E-state index in [-0.39, 0.29) is 31.1 Å². The third-order valence-corrected chi connectivity index (χ3v) is 7.17. The maximum absolute atomic E-state index is 12.7.